The molecule has 113 valence electrons. The van der Waals surface area contributed by atoms with E-state index in [0.717, 1.165) is 25.7 Å². The van der Waals surface area contributed by atoms with Crippen LogP contribution in [0.25, 0.3) is 0 Å². The van der Waals surface area contributed by atoms with Gasteiger partial charge in [0.05, 0.1) is 0 Å². The molecule has 3 aliphatic rings. The van der Waals surface area contributed by atoms with E-state index in [1.807, 2.05) is 0 Å². The molecule has 3 fully saturated rings. The number of carbonyl (C=O) groups is 2. The second kappa shape index (κ2) is 5.97. The fourth-order valence-corrected chi connectivity index (χ4v) is 4.60. The Labute approximate surface area is 132 Å². The van der Waals surface area contributed by atoms with Crippen molar-refractivity contribution in [2.45, 2.75) is 44.8 Å². The van der Waals surface area contributed by atoms with Crippen LogP contribution < -0.4 is 0 Å². The normalized spacial score (nSPS) is 40.6. The van der Waals surface area contributed by atoms with Crippen molar-refractivity contribution >= 4 is 11.9 Å². The Hall–Kier alpha value is -0.697. The number of ether oxygens (including phenoxy) is 2. The van der Waals surface area contributed by atoms with Crippen LogP contribution in [0.15, 0.2) is 6.58 Å². The van der Waals surface area contributed by atoms with E-state index in [0.29, 0.717) is 23.7 Å². The number of fused-ring (bicyclic) bond motifs is 5. The summed E-state index contributed by atoms with van der Waals surface area (Å²) >= 11 is 0. The van der Waals surface area contributed by atoms with E-state index in [2.05, 4.69) is 12.7 Å². The molecule has 0 aromatic heterocycles. The first kappa shape index (κ1) is 15.7. The molecule has 0 aromatic carbocycles. The predicted octanol–water partition coefficient (Wildman–Crippen LogP) is 1.88. The van der Waals surface area contributed by atoms with Gasteiger partial charge in [0.1, 0.15) is 18.2 Å². The zero-order valence-electron chi connectivity index (χ0n) is 11.5. The van der Waals surface area contributed by atoms with Crippen molar-refractivity contribution in [1.82, 2.24) is 0 Å². The van der Waals surface area contributed by atoms with Gasteiger partial charge in [0.2, 0.25) is 0 Å². The Morgan fingerprint density at radius 2 is 1.75 bits per heavy atom. The van der Waals surface area contributed by atoms with Crippen LogP contribution in [0.4, 0.5) is 0 Å². The van der Waals surface area contributed by atoms with Crippen LogP contribution in [0.5, 0.6) is 0 Å². The fraction of sp³-hybridized carbons (Fsp3) is 0.733. The minimum Gasteiger partial charge on any atom is -0.486 e. The van der Waals surface area contributed by atoms with Crippen LogP contribution in [0.2, 0.25) is 0 Å². The molecule has 0 saturated heterocycles. The first-order valence-corrected chi connectivity index (χ1v) is 6.99. The molecular formula is C15H19O4Rh-. The van der Waals surface area contributed by atoms with E-state index in [1.54, 1.807) is 0 Å². The van der Waals surface area contributed by atoms with Crippen molar-refractivity contribution in [3.63, 3.8) is 0 Å². The summed E-state index contributed by atoms with van der Waals surface area (Å²) in [5.74, 6) is 1.62. The molecule has 3 saturated carbocycles. The summed E-state index contributed by atoms with van der Waals surface area (Å²) in [4.78, 5) is 22.3. The maximum Gasteiger partial charge on any atom is 0.302 e. The van der Waals surface area contributed by atoms with Gasteiger partial charge in [-0.1, -0.05) is 0 Å². The molecule has 0 amide bonds. The molecule has 0 heterocycles. The van der Waals surface area contributed by atoms with Gasteiger partial charge in [-0.2, -0.15) is 0 Å². The Morgan fingerprint density at radius 1 is 1.05 bits per heavy atom. The van der Waals surface area contributed by atoms with E-state index >= 15 is 0 Å². The van der Waals surface area contributed by atoms with Crippen LogP contribution in [0.3, 0.4) is 0 Å². The monoisotopic (exact) mass is 366 g/mol. The number of hydrogen-bond donors (Lipinski definition) is 0. The Bertz CT molecular complexity index is 422. The maximum atomic E-state index is 11.3. The van der Waals surface area contributed by atoms with Gasteiger partial charge in [0.15, 0.2) is 0 Å². The second-order valence-electron chi connectivity index (χ2n) is 6.05. The molecule has 4 nitrogen and oxygen atoms in total. The third-order valence-electron chi connectivity index (χ3n) is 5.10. The fourth-order valence-electron chi connectivity index (χ4n) is 4.60. The minimum absolute atomic E-state index is 0. The van der Waals surface area contributed by atoms with Gasteiger partial charge >= 0.3 is 5.97 Å². The molecule has 0 aliphatic heterocycles. The van der Waals surface area contributed by atoms with Gasteiger partial charge in [-0.3, -0.25) is 16.2 Å². The van der Waals surface area contributed by atoms with Gasteiger partial charge in [0.25, 0.3) is 0 Å². The summed E-state index contributed by atoms with van der Waals surface area (Å²) in [6, 6.07) is 0. The van der Waals surface area contributed by atoms with Crippen molar-refractivity contribution in [3.8, 4) is 0 Å². The van der Waals surface area contributed by atoms with Crippen molar-refractivity contribution in [3.05, 3.63) is 12.7 Å². The Balaban J connectivity index is 0.00000147. The molecule has 20 heavy (non-hydrogen) atoms. The van der Waals surface area contributed by atoms with E-state index in [-0.39, 0.29) is 37.7 Å². The topological polar surface area (TPSA) is 52.6 Å². The average Bonchev–Trinajstić information content (AvgIpc) is 2.98. The van der Waals surface area contributed by atoms with Gasteiger partial charge < -0.3 is 15.5 Å². The SMILES string of the molecule is C=[C-]C(=O)OC1CC2CC1C1CC(OC(C)=O)CC21.[Rh]. The van der Waals surface area contributed by atoms with Crippen LogP contribution >= 0.6 is 0 Å². The van der Waals surface area contributed by atoms with E-state index in [9.17, 15) is 9.59 Å². The third kappa shape index (κ3) is 2.70. The molecule has 3 aliphatic carbocycles. The molecule has 0 aromatic rings. The number of esters is 2. The number of hydrogen-bond acceptors (Lipinski definition) is 4. The van der Waals surface area contributed by atoms with Gasteiger partial charge in [-0.25, -0.2) is 0 Å². The van der Waals surface area contributed by atoms with E-state index in [4.69, 9.17) is 9.47 Å². The molecule has 0 spiro atoms. The first-order valence-electron chi connectivity index (χ1n) is 6.99. The summed E-state index contributed by atoms with van der Waals surface area (Å²) in [5, 5.41) is 0. The Kier molecular flexibility index (Phi) is 4.68. The molecule has 6 atom stereocenters. The maximum absolute atomic E-state index is 11.3. The van der Waals surface area contributed by atoms with Crippen molar-refractivity contribution in [1.29, 1.82) is 0 Å². The second-order valence-corrected chi connectivity index (χ2v) is 6.05. The van der Waals surface area contributed by atoms with E-state index in [1.165, 1.54) is 6.92 Å². The van der Waals surface area contributed by atoms with Crippen LogP contribution in [0, 0.1) is 29.7 Å². The standard InChI is InChI=1S/C15H19O4.Rh/c1-3-15(17)19-14-5-9-4-13(14)12-7-10(6-11(9)12)18-8(2)16;/h9-14H,1,4-7H2,2H3;/q-1;. The van der Waals surface area contributed by atoms with Crippen LogP contribution in [0.1, 0.15) is 32.6 Å². The number of rotatable bonds is 3. The van der Waals surface area contributed by atoms with Crippen molar-refractivity contribution in [2.24, 2.45) is 23.7 Å². The summed E-state index contributed by atoms with van der Waals surface area (Å²) in [6.07, 6.45) is 6.36. The van der Waals surface area contributed by atoms with Gasteiger partial charge in [-0.05, 0) is 49.4 Å². The van der Waals surface area contributed by atoms with Crippen LogP contribution in [-0.2, 0) is 38.5 Å². The molecule has 5 heteroatoms. The largest absolute Gasteiger partial charge is 0.486 e. The summed E-state index contributed by atoms with van der Waals surface area (Å²) in [5.41, 5.74) is 0. The minimum atomic E-state index is -0.441. The average molecular weight is 366 g/mol. The molecule has 2 bridgehead atoms. The molecular weight excluding hydrogens is 347 g/mol. The predicted molar refractivity (Wildman–Crippen MR) is 66.7 cm³/mol. The smallest absolute Gasteiger partial charge is 0.302 e. The van der Waals surface area contributed by atoms with Gasteiger partial charge in [0, 0.05) is 26.4 Å². The summed E-state index contributed by atoms with van der Waals surface area (Å²) in [6.45, 7) is 4.78. The Morgan fingerprint density at radius 3 is 2.40 bits per heavy atom. The number of carbonyl (C=O) groups excluding carboxylic acids is 2. The van der Waals surface area contributed by atoms with E-state index < -0.39 is 5.97 Å². The van der Waals surface area contributed by atoms with Crippen molar-refractivity contribution < 1.29 is 38.5 Å². The first-order chi connectivity index (χ1) is 9.08. The summed E-state index contributed by atoms with van der Waals surface area (Å²) < 4.78 is 10.7. The third-order valence-corrected chi connectivity index (χ3v) is 5.10. The zero-order valence-corrected chi connectivity index (χ0v) is 13.1. The molecule has 3 rings (SSSR count). The van der Waals surface area contributed by atoms with Crippen molar-refractivity contribution in [2.75, 3.05) is 0 Å². The zero-order chi connectivity index (χ0) is 13.6. The van der Waals surface area contributed by atoms with Gasteiger partial charge in [-0.15, -0.1) is 0 Å². The molecule has 1 radical (unpaired) electrons. The van der Waals surface area contributed by atoms with Crippen LogP contribution in [-0.4, -0.2) is 24.1 Å². The quantitative estimate of drug-likeness (QED) is 0.331. The molecule has 0 N–H and O–H groups in total. The molecule has 6 unspecified atom stereocenters. The summed E-state index contributed by atoms with van der Waals surface area (Å²) in [7, 11) is 0.